The van der Waals surface area contributed by atoms with Gasteiger partial charge in [-0.3, -0.25) is 4.68 Å². The molecule has 0 bridgehead atoms. The zero-order chi connectivity index (χ0) is 13.8. The first-order valence-electron chi connectivity index (χ1n) is 7.31. The molecule has 1 aliphatic carbocycles. The number of thiazole rings is 1. The van der Waals surface area contributed by atoms with E-state index in [9.17, 15) is 0 Å². The van der Waals surface area contributed by atoms with Crippen molar-refractivity contribution in [2.24, 2.45) is 0 Å². The van der Waals surface area contributed by atoms with E-state index < -0.39 is 0 Å². The molecule has 2 aromatic rings. The standard InChI is InChI=1S/C14H21N5S/c1-11(5-6-19-10-15-9-18-19)16-7-13-8-17-14(20-13)12-3-2-4-12/h8-12,16H,2-7H2,1H3/t11-/m1/s1. The van der Waals surface area contributed by atoms with Crippen molar-refractivity contribution in [2.45, 2.75) is 57.7 Å². The average Bonchev–Trinajstić information content (AvgIpc) is 3.03. The minimum Gasteiger partial charge on any atom is -0.309 e. The molecule has 0 spiro atoms. The highest BCUT2D eigenvalue weighted by atomic mass is 32.1. The lowest BCUT2D eigenvalue weighted by Crippen LogP contribution is -2.26. The van der Waals surface area contributed by atoms with Crippen LogP contribution in [0.25, 0.3) is 0 Å². The lowest BCUT2D eigenvalue weighted by atomic mass is 9.86. The van der Waals surface area contributed by atoms with Crippen LogP contribution in [0.15, 0.2) is 18.9 Å². The number of aryl methyl sites for hydroxylation is 1. The monoisotopic (exact) mass is 291 g/mol. The normalized spacial score (nSPS) is 17.1. The van der Waals surface area contributed by atoms with Crippen LogP contribution in [0.5, 0.6) is 0 Å². The second-order valence-corrected chi connectivity index (χ2v) is 6.67. The molecule has 6 heteroatoms. The SMILES string of the molecule is C[C@H](CCn1cncn1)NCc1cnc(C2CCC2)s1. The molecule has 0 saturated heterocycles. The average molecular weight is 291 g/mol. The van der Waals surface area contributed by atoms with Crippen molar-refractivity contribution < 1.29 is 0 Å². The number of hydrogen-bond donors (Lipinski definition) is 1. The summed E-state index contributed by atoms with van der Waals surface area (Å²) in [6.07, 6.45) is 10.5. The van der Waals surface area contributed by atoms with Crippen molar-refractivity contribution in [3.63, 3.8) is 0 Å². The molecule has 0 radical (unpaired) electrons. The Morgan fingerprint density at radius 1 is 1.50 bits per heavy atom. The summed E-state index contributed by atoms with van der Waals surface area (Å²) in [5.41, 5.74) is 0. The second kappa shape index (κ2) is 6.45. The zero-order valence-electron chi connectivity index (χ0n) is 11.8. The lowest BCUT2D eigenvalue weighted by Gasteiger charge is -2.22. The van der Waals surface area contributed by atoms with Crippen LogP contribution in [0.1, 0.15) is 48.4 Å². The molecule has 2 heterocycles. The van der Waals surface area contributed by atoms with E-state index in [1.807, 2.05) is 22.2 Å². The van der Waals surface area contributed by atoms with Gasteiger partial charge < -0.3 is 5.32 Å². The Morgan fingerprint density at radius 2 is 2.40 bits per heavy atom. The van der Waals surface area contributed by atoms with Gasteiger partial charge in [0.1, 0.15) is 12.7 Å². The first-order chi connectivity index (χ1) is 9.81. The summed E-state index contributed by atoms with van der Waals surface area (Å²) in [7, 11) is 0. The van der Waals surface area contributed by atoms with Gasteiger partial charge in [-0.2, -0.15) is 5.10 Å². The first kappa shape index (κ1) is 13.7. The summed E-state index contributed by atoms with van der Waals surface area (Å²) < 4.78 is 1.87. The molecule has 1 aliphatic rings. The van der Waals surface area contributed by atoms with E-state index in [4.69, 9.17) is 0 Å². The van der Waals surface area contributed by atoms with Gasteiger partial charge in [-0.15, -0.1) is 11.3 Å². The van der Waals surface area contributed by atoms with Crippen LogP contribution in [0, 0.1) is 0 Å². The topological polar surface area (TPSA) is 55.6 Å². The van der Waals surface area contributed by atoms with E-state index >= 15 is 0 Å². The third-order valence-electron chi connectivity index (χ3n) is 3.91. The highest BCUT2D eigenvalue weighted by Crippen LogP contribution is 2.38. The Morgan fingerprint density at radius 3 is 3.10 bits per heavy atom. The predicted octanol–water partition coefficient (Wildman–Crippen LogP) is 2.57. The molecule has 3 rings (SSSR count). The maximum absolute atomic E-state index is 4.56. The van der Waals surface area contributed by atoms with Crippen molar-refractivity contribution in [1.29, 1.82) is 0 Å². The molecule has 2 aromatic heterocycles. The quantitative estimate of drug-likeness (QED) is 0.852. The van der Waals surface area contributed by atoms with E-state index in [0.29, 0.717) is 6.04 Å². The highest BCUT2D eigenvalue weighted by molar-refractivity contribution is 7.11. The zero-order valence-corrected chi connectivity index (χ0v) is 12.6. The second-order valence-electron chi connectivity index (χ2n) is 5.52. The molecular formula is C14H21N5S. The Bertz CT molecular complexity index is 517. The van der Waals surface area contributed by atoms with Crippen LogP contribution >= 0.6 is 11.3 Å². The van der Waals surface area contributed by atoms with Crippen molar-refractivity contribution in [2.75, 3.05) is 0 Å². The molecule has 0 aliphatic heterocycles. The number of nitrogens with one attached hydrogen (secondary N) is 1. The van der Waals surface area contributed by atoms with Crippen LogP contribution in [-0.4, -0.2) is 25.8 Å². The summed E-state index contributed by atoms with van der Waals surface area (Å²) in [4.78, 5) is 9.86. The van der Waals surface area contributed by atoms with Crippen LogP contribution in [0.4, 0.5) is 0 Å². The van der Waals surface area contributed by atoms with Crippen LogP contribution in [0.2, 0.25) is 0 Å². The maximum atomic E-state index is 4.56. The molecule has 1 atom stereocenters. The van der Waals surface area contributed by atoms with Gasteiger partial charge in [-0.05, 0) is 26.2 Å². The predicted molar refractivity (Wildman–Crippen MR) is 79.6 cm³/mol. The lowest BCUT2D eigenvalue weighted by molar-refractivity contribution is 0.418. The van der Waals surface area contributed by atoms with Crippen LogP contribution < -0.4 is 5.32 Å². The number of nitrogens with zero attached hydrogens (tertiary/aromatic N) is 4. The van der Waals surface area contributed by atoms with Gasteiger partial charge >= 0.3 is 0 Å². The fourth-order valence-electron chi connectivity index (χ4n) is 2.30. The molecule has 0 amide bonds. The van der Waals surface area contributed by atoms with Crippen molar-refractivity contribution in [1.82, 2.24) is 25.1 Å². The summed E-state index contributed by atoms with van der Waals surface area (Å²) in [5.74, 6) is 0.749. The van der Waals surface area contributed by atoms with Crippen molar-refractivity contribution in [3.8, 4) is 0 Å². The molecule has 108 valence electrons. The smallest absolute Gasteiger partial charge is 0.137 e. The van der Waals surface area contributed by atoms with Crippen LogP contribution in [0.3, 0.4) is 0 Å². The molecule has 1 fully saturated rings. The molecule has 1 N–H and O–H groups in total. The first-order valence-corrected chi connectivity index (χ1v) is 8.13. The molecule has 0 unspecified atom stereocenters. The van der Waals surface area contributed by atoms with Gasteiger partial charge in [0.25, 0.3) is 0 Å². The number of hydrogen-bond acceptors (Lipinski definition) is 5. The Labute approximate surface area is 123 Å². The summed E-state index contributed by atoms with van der Waals surface area (Å²) in [6, 6.07) is 0.466. The largest absolute Gasteiger partial charge is 0.309 e. The highest BCUT2D eigenvalue weighted by Gasteiger charge is 2.22. The number of rotatable bonds is 7. The molecule has 5 nitrogen and oxygen atoms in total. The van der Waals surface area contributed by atoms with Gasteiger partial charge in [0.2, 0.25) is 0 Å². The summed E-state index contributed by atoms with van der Waals surface area (Å²) in [6.45, 7) is 4.04. The van der Waals surface area contributed by atoms with Crippen molar-refractivity contribution in [3.05, 3.63) is 28.7 Å². The van der Waals surface area contributed by atoms with E-state index in [1.54, 1.807) is 12.7 Å². The van der Waals surface area contributed by atoms with Crippen LogP contribution in [-0.2, 0) is 13.1 Å². The van der Waals surface area contributed by atoms with E-state index in [-0.39, 0.29) is 0 Å². The van der Waals surface area contributed by atoms with Gasteiger partial charge in [0.05, 0.1) is 5.01 Å². The molecule has 20 heavy (non-hydrogen) atoms. The molecule has 0 aromatic carbocycles. The molecule has 1 saturated carbocycles. The fourth-order valence-corrected chi connectivity index (χ4v) is 3.34. The molecular weight excluding hydrogens is 270 g/mol. The Hall–Kier alpha value is -1.27. The third kappa shape index (κ3) is 3.43. The third-order valence-corrected chi connectivity index (χ3v) is 5.07. The van der Waals surface area contributed by atoms with Gasteiger partial charge in [-0.25, -0.2) is 9.97 Å². The fraction of sp³-hybridized carbons (Fsp3) is 0.643. The minimum atomic E-state index is 0.466. The number of aromatic nitrogens is 4. The summed E-state index contributed by atoms with van der Waals surface area (Å²) >= 11 is 1.87. The maximum Gasteiger partial charge on any atom is 0.137 e. The van der Waals surface area contributed by atoms with Gasteiger partial charge in [0.15, 0.2) is 0 Å². The van der Waals surface area contributed by atoms with Gasteiger partial charge in [-0.1, -0.05) is 6.42 Å². The van der Waals surface area contributed by atoms with Gasteiger partial charge in [0, 0.05) is 36.1 Å². The minimum absolute atomic E-state index is 0.466. The van der Waals surface area contributed by atoms with E-state index in [1.165, 1.54) is 29.1 Å². The Kier molecular flexibility index (Phi) is 4.42. The van der Waals surface area contributed by atoms with Crippen molar-refractivity contribution >= 4 is 11.3 Å². The van der Waals surface area contributed by atoms with E-state index in [2.05, 4.69) is 27.3 Å². The summed E-state index contributed by atoms with van der Waals surface area (Å²) in [5, 5.41) is 9.01. The Balaban J connectivity index is 1.40. The van der Waals surface area contributed by atoms with E-state index in [0.717, 1.165) is 25.4 Å².